The van der Waals surface area contributed by atoms with Crippen LogP contribution in [0.1, 0.15) is 27.5 Å². The average molecular weight is 385 g/mol. The molecule has 1 fully saturated rings. The summed E-state index contributed by atoms with van der Waals surface area (Å²) in [5.74, 6) is -0.244. The highest BCUT2D eigenvalue weighted by Crippen LogP contribution is 2.25. The number of carbonyl (C=O) groups is 2. The second-order valence-corrected chi connectivity index (χ2v) is 7.12. The first kappa shape index (κ1) is 17.8. The number of halogens is 1. The monoisotopic (exact) mass is 384 g/mol. The first-order valence-electron chi connectivity index (χ1n) is 9.08. The highest BCUT2D eigenvalue weighted by atomic mass is 35.5. The minimum atomic E-state index is -0.244. The zero-order valence-electron chi connectivity index (χ0n) is 14.8. The molecule has 140 valence electrons. The Balaban J connectivity index is 1.48. The van der Waals surface area contributed by atoms with Crippen molar-refractivity contribution in [3.8, 4) is 0 Å². The third kappa shape index (κ3) is 3.63. The van der Waals surface area contributed by atoms with Crippen LogP contribution >= 0.6 is 11.6 Å². The van der Waals surface area contributed by atoms with E-state index in [4.69, 9.17) is 11.6 Å². The summed E-state index contributed by atoms with van der Waals surface area (Å²) in [6.45, 7) is 2.53. The van der Waals surface area contributed by atoms with Gasteiger partial charge in [0.2, 0.25) is 0 Å². The molecule has 0 radical (unpaired) electrons. The Labute approximate surface area is 162 Å². The van der Waals surface area contributed by atoms with Gasteiger partial charge in [0.05, 0.1) is 10.6 Å². The molecular formula is C20H21ClN4O2. The van der Waals surface area contributed by atoms with E-state index < -0.39 is 0 Å². The van der Waals surface area contributed by atoms with Crippen LogP contribution in [0.4, 0.5) is 10.5 Å². The number of nitrogens with zero attached hydrogens (tertiary/aromatic N) is 1. The molecule has 2 aliphatic rings. The molecule has 6 nitrogen and oxygen atoms in total. The van der Waals surface area contributed by atoms with Gasteiger partial charge in [-0.1, -0.05) is 35.9 Å². The minimum absolute atomic E-state index is 0.0743. The van der Waals surface area contributed by atoms with Gasteiger partial charge in [0, 0.05) is 31.4 Å². The molecular weight excluding hydrogens is 364 g/mol. The standard InChI is InChI=1S/C20H21ClN4O2/c21-17-6-5-14(25-10-9-23-20(25)27)11-16(17)19(26)24-12-18-15-4-2-1-3-13(15)7-8-22-18/h1-6,11,18,22H,7-10,12H2,(H,23,27)(H,24,26). The van der Waals surface area contributed by atoms with Gasteiger partial charge in [0.1, 0.15) is 0 Å². The van der Waals surface area contributed by atoms with Gasteiger partial charge in [0.25, 0.3) is 5.91 Å². The molecule has 0 aliphatic carbocycles. The molecule has 2 heterocycles. The van der Waals surface area contributed by atoms with Crippen molar-refractivity contribution >= 4 is 29.2 Å². The molecule has 0 bridgehead atoms. The number of carbonyl (C=O) groups excluding carboxylic acids is 2. The summed E-state index contributed by atoms with van der Waals surface area (Å²) in [6, 6.07) is 13.3. The Morgan fingerprint density at radius 2 is 2.07 bits per heavy atom. The summed E-state index contributed by atoms with van der Waals surface area (Å²) in [6.07, 6.45) is 0.992. The number of fused-ring (bicyclic) bond motifs is 1. The quantitative estimate of drug-likeness (QED) is 0.758. The Hall–Kier alpha value is -2.57. The second-order valence-electron chi connectivity index (χ2n) is 6.71. The fraction of sp³-hybridized carbons (Fsp3) is 0.300. The van der Waals surface area contributed by atoms with Crippen LogP contribution < -0.4 is 20.9 Å². The Morgan fingerprint density at radius 3 is 2.89 bits per heavy atom. The number of urea groups is 1. The molecule has 27 heavy (non-hydrogen) atoms. The first-order valence-corrected chi connectivity index (χ1v) is 9.45. The number of rotatable bonds is 4. The van der Waals surface area contributed by atoms with Crippen molar-refractivity contribution in [1.82, 2.24) is 16.0 Å². The van der Waals surface area contributed by atoms with Gasteiger partial charge in [-0.15, -0.1) is 0 Å². The number of amides is 3. The molecule has 0 saturated carbocycles. The van der Waals surface area contributed by atoms with Crippen molar-refractivity contribution in [2.75, 3.05) is 31.1 Å². The lowest BCUT2D eigenvalue weighted by molar-refractivity contribution is 0.0949. The molecule has 3 amide bonds. The van der Waals surface area contributed by atoms with Crippen LogP contribution in [0.2, 0.25) is 5.02 Å². The van der Waals surface area contributed by atoms with E-state index in [1.165, 1.54) is 11.1 Å². The largest absolute Gasteiger partial charge is 0.350 e. The fourth-order valence-corrected chi connectivity index (χ4v) is 3.84. The van der Waals surface area contributed by atoms with Crippen LogP contribution in [-0.2, 0) is 6.42 Å². The minimum Gasteiger partial charge on any atom is -0.350 e. The molecule has 3 N–H and O–H groups in total. The van der Waals surface area contributed by atoms with Gasteiger partial charge in [0.15, 0.2) is 0 Å². The van der Waals surface area contributed by atoms with E-state index in [-0.39, 0.29) is 18.0 Å². The lowest BCUT2D eigenvalue weighted by Crippen LogP contribution is -2.39. The third-order valence-corrected chi connectivity index (χ3v) is 5.37. The summed E-state index contributed by atoms with van der Waals surface area (Å²) in [7, 11) is 0. The number of hydrogen-bond acceptors (Lipinski definition) is 3. The predicted octanol–water partition coefficient (Wildman–Crippen LogP) is 2.49. The lowest BCUT2D eigenvalue weighted by atomic mass is 9.94. The van der Waals surface area contributed by atoms with Crippen LogP contribution in [0.15, 0.2) is 42.5 Å². The van der Waals surface area contributed by atoms with Crippen molar-refractivity contribution in [3.63, 3.8) is 0 Å². The molecule has 7 heteroatoms. The Bertz CT molecular complexity index is 886. The van der Waals surface area contributed by atoms with E-state index >= 15 is 0 Å². The van der Waals surface area contributed by atoms with E-state index in [0.717, 1.165) is 13.0 Å². The van der Waals surface area contributed by atoms with Crippen molar-refractivity contribution in [2.45, 2.75) is 12.5 Å². The molecule has 1 saturated heterocycles. The Kier molecular flexibility index (Phi) is 5.01. The van der Waals surface area contributed by atoms with Crippen molar-refractivity contribution in [1.29, 1.82) is 0 Å². The zero-order valence-corrected chi connectivity index (χ0v) is 15.6. The number of benzene rings is 2. The maximum atomic E-state index is 12.7. The fourth-order valence-electron chi connectivity index (χ4n) is 3.64. The number of nitrogens with one attached hydrogen (secondary N) is 3. The molecule has 0 spiro atoms. The normalized spacial score (nSPS) is 18.8. The van der Waals surface area contributed by atoms with Gasteiger partial charge in [-0.25, -0.2) is 4.79 Å². The number of hydrogen-bond donors (Lipinski definition) is 3. The van der Waals surface area contributed by atoms with E-state index in [1.807, 2.05) is 12.1 Å². The molecule has 4 rings (SSSR count). The topological polar surface area (TPSA) is 73.5 Å². The van der Waals surface area contributed by atoms with Crippen molar-refractivity contribution in [2.24, 2.45) is 0 Å². The maximum absolute atomic E-state index is 12.7. The van der Waals surface area contributed by atoms with E-state index in [1.54, 1.807) is 23.1 Å². The molecule has 0 aromatic heterocycles. The van der Waals surface area contributed by atoms with Crippen LogP contribution in [0, 0.1) is 0 Å². The van der Waals surface area contributed by atoms with Gasteiger partial charge in [-0.05, 0) is 42.3 Å². The third-order valence-electron chi connectivity index (χ3n) is 5.05. The molecule has 2 aromatic carbocycles. The van der Waals surface area contributed by atoms with Crippen LogP contribution in [0.5, 0.6) is 0 Å². The van der Waals surface area contributed by atoms with Gasteiger partial charge < -0.3 is 16.0 Å². The highest BCUT2D eigenvalue weighted by molar-refractivity contribution is 6.34. The molecule has 1 atom stereocenters. The van der Waals surface area contributed by atoms with Crippen molar-refractivity contribution in [3.05, 3.63) is 64.2 Å². The average Bonchev–Trinajstić information content (AvgIpc) is 3.12. The van der Waals surface area contributed by atoms with Crippen LogP contribution in [0.25, 0.3) is 0 Å². The van der Waals surface area contributed by atoms with E-state index in [9.17, 15) is 9.59 Å². The zero-order chi connectivity index (χ0) is 18.8. The number of anilines is 1. The summed E-state index contributed by atoms with van der Waals surface area (Å²) in [4.78, 5) is 26.2. The van der Waals surface area contributed by atoms with Gasteiger partial charge in [-0.3, -0.25) is 9.69 Å². The van der Waals surface area contributed by atoms with E-state index in [0.29, 0.717) is 35.9 Å². The predicted molar refractivity (Wildman–Crippen MR) is 105 cm³/mol. The summed E-state index contributed by atoms with van der Waals surface area (Å²) < 4.78 is 0. The lowest BCUT2D eigenvalue weighted by Gasteiger charge is -2.27. The van der Waals surface area contributed by atoms with E-state index in [2.05, 4.69) is 28.1 Å². The van der Waals surface area contributed by atoms with Gasteiger partial charge in [-0.2, -0.15) is 0 Å². The summed E-state index contributed by atoms with van der Waals surface area (Å²) in [5, 5.41) is 9.55. The smallest absolute Gasteiger partial charge is 0.321 e. The first-order chi connectivity index (χ1) is 13.1. The molecule has 2 aromatic rings. The second kappa shape index (κ2) is 7.58. The highest BCUT2D eigenvalue weighted by Gasteiger charge is 2.24. The summed E-state index contributed by atoms with van der Waals surface area (Å²) >= 11 is 6.24. The molecule has 1 unspecified atom stereocenters. The SMILES string of the molecule is O=C(NCC1NCCc2ccccc21)c1cc(N2CCNC2=O)ccc1Cl. The molecule has 2 aliphatic heterocycles. The summed E-state index contributed by atoms with van der Waals surface area (Å²) in [5.41, 5.74) is 3.58. The maximum Gasteiger partial charge on any atom is 0.321 e. The van der Waals surface area contributed by atoms with Gasteiger partial charge >= 0.3 is 6.03 Å². The Morgan fingerprint density at radius 1 is 1.22 bits per heavy atom. The van der Waals surface area contributed by atoms with Crippen LogP contribution in [0.3, 0.4) is 0 Å². The van der Waals surface area contributed by atoms with Crippen LogP contribution in [-0.4, -0.2) is 38.1 Å². The van der Waals surface area contributed by atoms with Crippen molar-refractivity contribution < 1.29 is 9.59 Å².